The Hall–Kier alpha value is -0.750. The van der Waals surface area contributed by atoms with Gasteiger partial charge in [-0.05, 0) is 0 Å². The SMILES string of the molecule is CNC(=O)CN(CCO)CC(F)F. The number of alkyl halides is 2. The second-order valence-electron chi connectivity index (χ2n) is 2.52. The second kappa shape index (κ2) is 6.73. The third kappa shape index (κ3) is 6.41. The van der Waals surface area contributed by atoms with Crippen molar-refractivity contribution in [2.45, 2.75) is 6.43 Å². The van der Waals surface area contributed by atoms with E-state index < -0.39 is 13.0 Å². The molecule has 0 bridgehead atoms. The first-order valence-corrected chi connectivity index (χ1v) is 3.92. The van der Waals surface area contributed by atoms with Crippen LogP contribution in [0.2, 0.25) is 0 Å². The van der Waals surface area contributed by atoms with Gasteiger partial charge < -0.3 is 10.4 Å². The van der Waals surface area contributed by atoms with Crippen molar-refractivity contribution in [3.05, 3.63) is 0 Å². The molecular formula is C7H14F2N2O2. The molecule has 0 aromatic carbocycles. The van der Waals surface area contributed by atoms with Crippen LogP contribution in [-0.4, -0.2) is 55.6 Å². The molecule has 1 amide bonds. The average Bonchev–Trinajstić information content (AvgIpc) is 2.03. The van der Waals surface area contributed by atoms with Gasteiger partial charge in [0.25, 0.3) is 6.43 Å². The van der Waals surface area contributed by atoms with Gasteiger partial charge in [0.1, 0.15) is 0 Å². The highest BCUT2D eigenvalue weighted by atomic mass is 19.3. The van der Waals surface area contributed by atoms with Crippen LogP contribution in [0.25, 0.3) is 0 Å². The quantitative estimate of drug-likeness (QED) is 0.590. The first-order valence-electron chi connectivity index (χ1n) is 3.92. The van der Waals surface area contributed by atoms with Gasteiger partial charge >= 0.3 is 0 Å². The fraction of sp³-hybridized carbons (Fsp3) is 0.857. The summed E-state index contributed by atoms with van der Waals surface area (Å²) in [6, 6.07) is 0. The largest absolute Gasteiger partial charge is 0.395 e. The third-order valence-corrected chi connectivity index (χ3v) is 1.46. The van der Waals surface area contributed by atoms with Crippen LogP contribution in [0.5, 0.6) is 0 Å². The number of aliphatic hydroxyl groups is 1. The number of halogens is 2. The molecule has 78 valence electrons. The maximum Gasteiger partial charge on any atom is 0.251 e. The molecule has 0 saturated carbocycles. The lowest BCUT2D eigenvalue weighted by Crippen LogP contribution is -2.39. The van der Waals surface area contributed by atoms with Crippen molar-refractivity contribution in [2.24, 2.45) is 0 Å². The van der Waals surface area contributed by atoms with Crippen molar-refractivity contribution >= 4 is 5.91 Å². The molecule has 13 heavy (non-hydrogen) atoms. The number of nitrogens with zero attached hydrogens (tertiary/aromatic N) is 1. The number of carbonyl (C=O) groups excluding carboxylic acids is 1. The number of likely N-dealkylation sites (N-methyl/N-ethyl adjacent to an activating group) is 1. The predicted octanol–water partition coefficient (Wildman–Crippen LogP) is -0.708. The zero-order chi connectivity index (χ0) is 10.3. The van der Waals surface area contributed by atoms with E-state index in [2.05, 4.69) is 5.32 Å². The van der Waals surface area contributed by atoms with E-state index >= 15 is 0 Å². The van der Waals surface area contributed by atoms with Gasteiger partial charge in [0.15, 0.2) is 0 Å². The van der Waals surface area contributed by atoms with Gasteiger partial charge in [-0.25, -0.2) is 8.78 Å². The lowest BCUT2D eigenvalue weighted by atomic mass is 10.4. The van der Waals surface area contributed by atoms with Crippen LogP contribution in [0.4, 0.5) is 8.78 Å². The zero-order valence-corrected chi connectivity index (χ0v) is 7.46. The Bertz CT molecular complexity index is 155. The molecule has 0 aliphatic heterocycles. The molecule has 0 aliphatic carbocycles. The van der Waals surface area contributed by atoms with Crippen molar-refractivity contribution in [1.82, 2.24) is 10.2 Å². The minimum absolute atomic E-state index is 0.0811. The van der Waals surface area contributed by atoms with Crippen molar-refractivity contribution in [1.29, 1.82) is 0 Å². The van der Waals surface area contributed by atoms with Crippen LogP contribution in [0.1, 0.15) is 0 Å². The van der Waals surface area contributed by atoms with Gasteiger partial charge in [0.05, 0.1) is 19.7 Å². The molecule has 0 aromatic rings. The standard InChI is InChI=1S/C7H14F2N2O2/c1-10-7(13)5-11(2-3-12)4-6(8)9/h6,12H,2-5H2,1H3,(H,10,13). The van der Waals surface area contributed by atoms with E-state index in [1.807, 2.05) is 0 Å². The second-order valence-corrected chi connectivity index (χ2v) is 2.52. The predicted molar refractivity (Wildman–Crippen MR) is 43.6 cm³/mol. The summed E-state index contributed by atoms with van der Waals surface area (Å²) >= 11 is 0. The molecule has 0 unspecified atom stereocenters. The number of hydrogen-bond donors (Lipinski definition) is 2. The maximum atomic E-state index is 11.9. The Morgan fingerprint density at radius 3 is 2.62 bits per heavy atom. The molecule has 0 atom stereocenters. The molecular weight excluding hydrogens is 182 g/mol. The molecule has 0 radical (unpaired) electrons. The molecule has 0 aliphatic rings. The van der Waals surface area contributed by atoms with Crippen LogP contribution in [0.15, 0.2) is 0 Å². The highest BCUT2D eigenvalue weighted by molar-refractivity contribution is 5.77. The Balaban J connectivity index is 3.86. The van der Waals surface area contributed by atoms with Crippen LogP contribution in [-0.2, 0) is 4.79 Å². The number of hydrogen-bond acceptors (Lipinski definition) is 3. The molecule has 0 rings (SSSR count). The lowest BCUT2D eigenvalue weighted by Gasteiger charge is -2.19. The van der Waals surface area contributed by atoms with E-state index in [9.17, 15) is 13.6 Å². The Morgan fingerprint density at radius 2 is 2.23 bits per heavy atom. The van der Waals surface area contributed by atoms with Gasteiger partial charge in [-0.15, -0.1) is 0 Å². The highest BCUT2D eigenvalue weighted by Crippen LogP contribution is 1.97. The molecule has 0 fully saturated rings. The average molecular weight is 196 g/mol. The summed E-state index contributed by atoms with van der Waals surface area (Å²) in [6.07, 6.45) is -2.49. The number of amides is 1. The Morgan fingerprint density at radius 1 is 1.62 bits per heavy atom. The summed E-state index contributed by atoms with van der Waals surface area (Å²) in [5.74, 6) is -0.339. The summed E-state index contributed by atoms with van der Waals surface area (Å²) in [5.41, 5.74) is 0. The molecule has 4 nitrogen and oxygen atoms in total. The summed E-state index contributed by atoms with van der Waals surface area (Å²) in [6.45, 7) is -0.753. The van der Waals surface area contributed by atoms with Gasteiger partial charge in [0, 0.05) is 13.6 Å². The summed E-state index contributed by atoms with van der Waals surface area (Å²) in [4.78, 5) is 12.0. The minimum Gasteiger partial charge on any atom is -0.395 e. The van der Waals surface area contributed by atoms with Gasteiger partial charge in [-0.3, -0.25) is 9.69 Å². The third-order valence-electron chi connectivity index (χ3n) is 1.46. The number of rotatable bonds is 6. The maximum absolute atomic E-state index is 11.9. The van der Waals surface area contributed by atoms with E-state index in [-0.39, 0.29) is 25.6 Å². The summed E-state index contributed by atoms with van der Waals surface area (Å²) < 4.78 is 23.8. The van der Waals surface area contributed by atoms with E-state index in [0.29, 0.717) is 0 Å². The van der Waals surface area contributed by atoms with Gasteiger partial charge in [0.2, 0.25) is 5.91 Å². The Kier molecular flexibility index (Phi) is 6.34. The summed E-state index contributed by atoms with van der Waals surface area (Å²) in [5, 5.41) is 10.8. The van der Waals surface area contributed by atoms with E-state index in [1.54, 1.807) is 0 Å². The lowest BCUT2D eigenvalue weighted by molar-refractivity contribution is -0.122. The van der Waals surface area contributed by atoms with Crippen molar-refractivity contribution < 1.29 is 18.7 Å². The normalized spacial score (nSPS) is 10.9. The molecule has 0 aromatic heterocycles. The van der Waals surface area contributed by atoms with Crippen molar-refractivity contribution in [3.63, 3.8) is 0 Å². The molecule has 6 heteroatoms. The van der Waals surface area contributed by atoms with E-state index in [0.717, 1.165) is 0 Å². The topological polar surface area (TPSA) is 52.6 Å². The fourth-order valence-electron chi connectivity index (χ4n) is 0.854. The smallest absolute Gasteiger partial charge is 0.251 e. The fourth-order valence-corrected chi connectivity index (χ4v) is 0.854. The van der Waals surface area contributed by atoms with Crippen molar-refractivity contribution in [3.8, 4) is 0 Å². The van der Waals surface area contributed by atoms with E-state index in [4.69, 9.17) is 5.11 Å². The van der Waals surface area contributed by atoms with Gasteiger partial charge in [-0.2, -0.15) is 0 Å². The first-order chi connectivity index (χ1) is 6.10. The number of carbonyl (C=O) groups is 1. The number of aliphatic hydroxyl groups excluding tert-OH is 1. The minimum atomic E-state index is -2.49. The number of nitrogens with one attached hydrogen (secondary N) is 1. The van der Waals surface area contributed by atoms with E-state index in [1.165, 1.54) is 11.9 Å². The highest BCUT2D eigenvalue weighted by Gasteiger charge is 2.13. The molecule has 2 N–H and O–H groups in total. The van der Waals surface area contributed by atoms with Crippen LogP contribution in [0.3, 0.4) is 0 Å². The molecule has 0 heterocycles. The van der Waals surface area contributed by atoms with Crippen LogP contribution in [0, 0.1) is 0 Å². The van der Waals surface area contributed by atoms with Crippen LogP contribution >= 0.6 is 0 Å². The zero-order valence-electron chi connectivity index (χ0n) is 7.46. The monoisotopic (exact) mass is 196 g/mol. The molecule has 0 saturated heterocycles. The van der Waals surface area contributed by atoms with Crippen molar-refractivity contribution in [2.75, 3.05) is 33.3 Å². The Labute approximate surface area is 75.5 Å². The van der Waals surface area contributed by atoms with Crippen LogP contribution < -0.4 is 5.32 Å². The van der Waals surface area contributed by atoms with Gasteiger partial charge in [-0.1, -0.05) is 0 Å². The molecule has 0 spiro atoms. The first kappa shape index (κ1) is 12.2. The summed E-state index contributed by atoms with van der Waals surface area (Å²) in [7, 11) is 1.43.